The van der Waals surface area contributed by atoms with Crippen molar-refractivity contribution in [1.82, 2.24) is 0 Å². The van der Waals surface area contributed by atoms with Crippen LogP contribution in [0.25, 0.3) is 33.1 Å². The van der Waals surface area contributed by atoms with Gasteiger partial charge in [0.05, 0.1) is 11.1 Å². The van der Waals surface area contributed by atoms with Gasteiger partial charge in [-0.1, -0.05) is 150 Å². The van der Waals surface area contributed by atoms with Crippen LogP contribution in [-0.4, -0.2) is 6.71 Å². The molecule has 0 radical (unpaired) electrons. The Bertz CT molecular complexity index is 3580. The smallest absolute Gasteiger partial charge is 0.252 e. The van der Waals surface area contributed by atoms with E-state index in [-0.39, 0.29) is 39.2 Å². The van der Waals surface area contributed by atoms with Crippen LogP contribution in [0.5, 0.6) is 0 Å². The van der Waals surface area contributed by atoms with Crippen LogP contribution in [-0.2, 0) is 32.5 Å². The van der Waals surface area contributed by atoms with Gasteiger partial charge in [0.1, 0.15) is 11.2 Å². The normalized spacial score (nSPS) is 20.2. The molecule has 0 unspecified atom stereocenters. The van der Waals surface area contributed by atoms with Crippen molar-refractivity contribution in [1.29, 1.82) is 0 Å². The van der Waals surface area contributed by atoms with E-state index in [0.29, 0.717) is 0 Å². The molecule has 0 spiro atoms. The summed E-state index contributed by atoms with van der Waals surface area (Å²) < 4.78 is 7.16. The van der Waals surface area contributed by atoms with E-state index in [9.17, 15) is 0 Å². The third kappa shape index (κ3) is 6.41. The van der Waals surface area contributed by atoms with Crippen LogP contribution in [0.3, 0.4) is 0 Å². The van der Waals surface area contributed by atoms with Crippen molar-refractivity contribution in [3.8, 4) is 11.1 Å². The molecule has 4 heteroatoms. The number of fused-ring (bicyclic) bond motifs is 11. The highest BCUT2D eigenvalue weighted by atomic mass is 16.3. The van der Waals surface area contributed by atoms with Crippen LogP contribution < -0.4 is 26.2 Å². The minimum atomic E-state index is -0.0344. The van der Waals surface area contributed by atoms with Crippen molar-refractivity contribution in [3.63, 3.8) is 0 Å². The van der Waals surface area contributed by atoms with Crippen molar-refractivity contribution in [3.05, 3.63) is 160 Å². The van der Waals surface area contributed by atoms with Crippen molar-refractivity contribution in [2.45, 2.75) is 161 Å². The zero-order chi connectivity index (χ0) is 49.5. The van der Waals surface area contributed by atoms with Gasteiger partial charge in [0.2, 0.25) is 0 Å². The molecule has 13 rings (SSSR count). The van der Waals surface area contributed by atoms with Gasteiger partial charge in [0, 0.05) is 33.8 Å². The quantitative estimate of drug-likeness (QED) is 0.165. The summed E-state index contributed by atoms with van der Waals surface area (Å²) in [5.74, 6) is 0. The largest absolute Gasteiger partial charge is 0.456 e. The number of hydrogen-bond acceptors (Lipinski definition) is 3. The molecule has 3 heterocycles. The van der Waals surface area contributed by atoms with E-state index in [0.717, 1.165) is 36.8 Å². The minimum Gasteiger partial charge on any atom is -0.456 e. The summed E-state index contributed by atoms with van der Waals surface area (Å²) in [6.45, 7) is 31.8. The van der Waals surface area contributed by atoms with E-state index >= 15 is 0 Å². The first-order valence-electron chi connectivity index (χ1n) is 26.8. The highest BCUT2D eigenvalue weighted by Gasteiger charge is 2.49. The summed E-state index contributed by atoms with van der Waals surface area (Å²) in [5.41, 5.74) is 26.4. The molecule has 5 aliphatic rings. The number of furan rings is 1. The molecule has 3 aliphatic carbocycles. The van der Waals surface area contributed by atoms with Gasteiger partial charge in [-0.15, -0.1) is 0 Å². The zero-order valence-electron chi connectivity index (χ0n) is 44.7. The summed E-state index contributed by atoms with van der Waals surface area (Å²) in [6.07, 6.45) is 7.00. The second-order valence-corrected chi connectivity index (χ2v) is 26.5. The van der Waals surface area contributed by atoms with Gasteiger partial charge in [-0.25, -0.2) is 0 Å². The van der Waals surface area contributed by atoms with Crippen molar-refractivity contribution in [2.24, 2.45) is 0 Å². The fourth-order valence-corrected chi connectivity index (χ4v) is 14.3. The number of nitrogens with zero attached hydrogens (tertiary/aromatic N) is 2. The van der Waals surface area contributed by atoms with Gasteiger partial charge in [0.15, 0.2) is 0 Å². The monoisotopic (exact) mass is 931 g/mol. The number of anilines is 6. The maximum Gasteiger partial charge on any atom is 0.252 e. The molecular weight excluding hydrogens is 860 g/mol. The third-order valence-electron chi connectivity index (χ3n) is 19.2. The first-order valence-corrected chi connectivity index (χ1v) is 26.8. The predicted octanol–water partition coefficient (Wildman–Crippen LogP) is 16.7. The Balaban J connectivity index is 1.20. The SMILES string of the molecule is Cc1ccccc1N1c2cc(-c3ccccc3)cc3c2B(c2cc4c(cc2N3c2ccc3c(c2)C(C)(C)CCC3(C)C)C(C)(C)CCC4(C)C)c2ccc3oc4cc5c(cc4c3c21)C(C)(C)CCC5(C)C. The maximum absolute atomic E-state index is 7.16. The molecule has 71 heavy (non-hydrogen) atoms. The number of aryl methyl sites for hydroxylation is 1. The molecule has 3 nitrogen and oxygen atoms in total. The highest BCUT2D eigenvalue weighted by molar-refractivity contribution is 7.00. The molecule has 0 amide bonds. The van der Waals surface area contributed by atoms with Crippen LogP contribution in [0.4, 0.5) is 34.1 Å². The van der Waals surface area contributed by atoms with Crippen molar-refractivity contribution < 1.29 is 4.42 Å². The van der Waals surface area contributed by atoms with E-state index in [1.165, 1.54) is 124 Å². The van der Waals surface area contributed by atoms with Gasteiger partial charge in [-0.3, -0.25) is 0 Å². The Kier molecular flexibility index (Phi) is 9.22. The lowest BCUT2D eigenvalue weighted by Crippen LogP contribution is -2.62. The zero-order valence-corrected chi connectivity index (χ0v) is 44.7. The van der Waals surface area contributed by atoms with E-state index in [2.05, 4.69) is 221 Å². The van der Waals surface area contributed by atoms with Gasteiger partial charge in [-0.05, 0) is 199 Å². The number of hydrogen-bond donors (Lipinski definition) is 0. The van der Waals surface area contributed by atoms with Crippen LogP contribution in [0.2, 0.25) is 0 Å². The Hall–Kier alpha value is -6.00. The molecule has 0 saturated heterocycles. The number of benzene rings is 7. The molecule has 0 bridgehead atoms. The maximum atomic E-state index is 7.16. The van der Waals surface area contributed by atoms with Gasteiger partial charge in [0.25, 0.3) is 6.71 Å². The number of para-hydroxylation sites is 1. The molecule has 0 N–H and O–H groups in total. The van der Waals surface area contributed by atoms with Crippen LogP contribution in [0.15, 0.2) is 126 Å². The lowest BCUT2D eigenvalue weighted by molar-refractivity contribution is 0.332. The molecule has 1 aromatic heterocycles. The molecule has 0 fully saturated rings. The van der Waals surface area contributed by atoms with Gasteiger partial charge in [-0.2, -0.15) is 0 Å². The van der Waals surface area contributed by atoms with E-state index < -0.39 is 0 Å². The van der Waals surface area contributed by atoms with E-state index in [4.69, 9.17) is 4.42 Å². The summed E-state index contributed by atoms with van der Waals surface area (Å²) in [5, 5.41) is 2.43. The van der Waals surface area contributed by atoms with Crippen molar-refractivity contribution in [2.75, 3.05) is 9.80 Å². The lowest BCUT2D eigenvalue weighted by atomic mass is 9.33. The van der Waals surface area contributed by atoms with Crippen molar-refractivity contribution >= 4 is 79.2 Å². The van der Waals surface area contributed by atoms with Crippen LogP contribution in [0.1, 0.15) is 161 Å². The molecule has 0 saturated carbocycles. The standard InChI is InChI=1S/C67H71BN2O/c1-40-19-17-18-22-53(40)70-56-34-42(41-20-15-14-16-21-41)33-55-60(56)68(51-25-26-57-59(61(51)70)44-36-47-50(39-58(44)71-57)67(12,13)32-29-64(47,6)7)52-37-48-49(66(10,11)31-30-65(48,8)9)38-54(52)69(55)43-23-24-45-46(35-43)63(4,5)28-27-62(45,2)3/h14-26,33-39H,27-32H2,1-13H3. The summed E-state index contributed by atoms with van der Waals surface area (Å²) in [6, 6.07) is 47.9. The molecule has 2 aliphatic heterocycles. The molecule has 8 aromatic rings. The van der Waals surface area contributed by atoms with Crippen LogP contribution >= 0.6 is 0 Å². The average Bonchev–Trinajstić information content (AvgIpc) is 3.71. The van der Waals surface area contributed by atoms with E-state index in [1.807, 2.05) is 0 Å². The minimum absolute atomic E-state index is 0.0280. The lowest BCUT2D eigenvalue weighted by Gasteiger charge is -2.48. The van der Waals surface area contributed by atoms with Gasteiger partial charge >= 0.3 is 0 Å². The summed E-state index contributed by atoms with van der Waals surface area (Å²) >= 11 is 0. The molecule has 0 atom stereocenters. The first kappa shape index (κ1) is 44.9. The third-order valence-corrected chi connectivity index (χ3v) is 19.2. The summed E-state index contributed by atoms with van der Waals surface area (Å²) in [4.78, 5) is 5.36. The topological polar surface area (TPSA) is 19.6 Å². The highest BCUT2D eigenvalue weighted by Crippen LogP contribution is 2.55. The second kappa shape index (κ2) is 14.6. The molecule has 358 valence electrons. The molecular formula is C67H71BN2O. The average molecular weight is 931 g/mol. The number of rotatable bonds is 3. The van der Waals surface area contributed by atoms with E-state index in [1.54, 1.807) is 0 Å². The fraction of sp³-hybridized carbons (Fsp3) is 0.373. The van der Waals surface area contributed by atoms with Gasteiger partial charge < -0.3 is 14.2 Å². The summed E-state index contributed by atoms with van der Waals surface area (Å²) in [7, 11) is 0. The van der Waals surface area contributed by atoms with Crippen LogP contribution in [0, 0.1) is 6.92 Å². The second-order valence-electron chi connectivity index (χ2n) is 26.5. The Morgan fingerprint density at radius 3 is 1.58 bits per heavy atom. The fourth-order valence-electron chi connectivity index (χ4n) is 14.3. The Morgan fingerprint density at radius 1 is 0.408 bits per heavy atom. The predicted molar refractivity (Wildman–Crippen MR) is 304 cm³/mol. The Morgan fingerprint density at radius 2 is 0.944 bits per heavy atom. The Labute approximate surface area is 423 Å². The molecule has 7 aromatic carbocycles. The first-order chi connectivity index (χ1) is 33.6.